The molecule has 5 heteroatoms. The normalized spacial score (nSPS) is 11.3. The van der Waals surface area contributed by atoms with E-state index in [1.807, 2.05) is 13.8 Å². The molecule has 0 atom stereocenters. The molecule has 0 saturated carbocycles. The largest absolute Gasteiger partial charge is 0.298 e. The number of hydrogen-bond acceptors (Lipinski definition) is 4. The van der Waals surface area contributed by atoms with Crippen molar-refractivity contribution in [2.45, 2.75) is 41.5 Å². The highest BCUT2D eigenvalue weighted by Gasteiger charge is 2.49. The van der Waals surface area contributed by atoms with Gasteiger partial charge in [0, 0.05) is 16.7 Å². The van der Waals surface area contributed by atoms with E-state index in [9.17, 15) is 18.9 Å². The predicted molar refractivity (Wildman–Crippen MR) is 128 cm³/mol. The molecule has 0 fully saturated rings. The Labute approximate surface area is 189 Å². The minimum atomic E-state index is -4.71. The van der Waals surface area contributed by atoms with Crippen molar-refractivity contribution in [3.63, 3.8) is 0 Å². The predicted octanol–water partition coefficient (Wildman–Crippen LogP) is 6.72. The third-order valence-corrected chi connectivity index (χ3v) is 8.20. The standard InChI is InChI=1S/C27H27O4P/c1-16-10-12-22(20(5)14-16)25(28)32(31,26(29)23-13-11-17(2)15-21(23)6)27(30)24-18(3)8-7-9-19(24)4/h7-15H,1-6H3. The van der Waals surface area contributed by atoms with Crippen LogP contribution < -0.4 is 0 Å². The van der Waals surface area contributed by atoms with E-state index in [1.165, 1.54) is 0 Å². The Hall–Kier alpha value is -3.10. The fourth-order valence-electron chi connectivity index (χ4n) is 4.03. The van der Waals surface area contributed by atoms with Crippen molar-refractivity contribution in [1.29, 1.82) is 0 Å². The molecule has 0 aliphatic heterocycles. The average Bonchev–Trinajstić information content (AvgIpc) is 2.72. The van der Waals surface area contributed by atoms with Crippen LogP contribution in [0.15, 0.2) is 54.6 Å². The quantitative estimate of drug-likeness (QED) is 0.394. The number of aryl methyl sites for hydroxylation is 6. The van der Waals surface area contributed by atoms with Gasteiger partial charge in [0.05, 0.1) is 0 Å². The molecular weight excluding hydrogens is 419 g/mol. The van der Waals surface area contributed by atoms with E-state index in [0.29, 0.717) is 22.3 Å². The minimum Gasteiger partial charge on any atom is -0.298 e. The lowest BCUT2D eigenvalue weighted by Crippen LogP contribution is -2.21. The summed E-state index contributed by atoms with van der Waals surface area (Å²) in [5, 5.41) is 0. The highest BCUT2D eigenvalue weighted by molar-refractivity contribution is 8.07. The number of benzene rings is 3. The molecular formula is C27H27O4P. The Morgan fingerprint density at radius 3 is 1.34 bits per heavy atom. The molecule has 0 spiro atoms. The van der Waals surface area contributed by atoms with Crippen molar-refractivity contribution >= 4 is 23.7 Å². The van der Waals surface area contributed by atoms with E-state index in [0.717, 1.165) is 11.1 Å². The van der Waals surface area contributed by atoms with E-state index in [-0.39, 0.29) is 16.7 Å². The summed E-state index contributed by atoms with van der Waals surface area (Å²) < 4.78 is 14.4. The molecule has 164 valence electrons. The van der Waals surface area contributed by atoms with Crippen molar-refractivity contribution in [1.82, 2.24) is 0 Å². The molecule has 0 amide bonds. The molecule has 0 bridgehead atoms. The molecule has 3 aromatic carbocycles. The van der Waals surface area contributed by atoms with Gasteiger partial charge in [0.1, 0.15) is 0 Å². The third kappa shape index (κ3) is 4.03. The van der Waals surface area contributed by atoms with E-state index < -0.39 is 23.7 Å². The van der Waals surface area contributed by atoms with E-state index in [4.69, 9.17) is 0 Å². The van der Waals surface area contributed by atoms with Crippen LogP contribution in [0, 0.1) is 41.5 Å². The van der Waals surface area contributed by atoms with E-state index >= 15 is 0 Å². The van der Waals surface area contributed by atoms with Gasteiger partial charge in [-0.05, 0) is 63.8 Å². The van der Waals surface area contributed by atoms with Gasteiger partial charge < -0.3 is 0 Å². The van der Waals surface area contributed by atoms with Crippen molar-refractivity contribution < 1.29 is 18.9 Å². The summed E-state index contributed by atoms with van der Waals surface area (Å²) in [4.78, 5) is 41.2. The van der Waals surface area contributed by atoms with Gasteiger partial charge in [0.2, 0.25) is 16.6 Å². The highest BCUT2D eigenvalue weighted by atomic mass is 31.2. The first-order valence-corrected chi connectivity index (χ1v) is 12.1. The van der Waals surface area contributed by atoms with Crippen LogP contribution in [0.25, 0.3) is 0 Å². The van der Waals surface area contributed by atoms with E-state index in [1.54, 1.807) is 82.3 Å². The Kier molecular flexibility index (Phi) is 6.48. The summed E-state index contributed by atoms with van der Waals surface area (Å²) in [7, 11) is -4.71. The zero-order valence-corrected chi connectivity index (χ0v) is 20.2. The Morgan fingerprint density at radius 1 is 0.562 bits per heavy atom. The van der Waals surface area contributed by atoms with Crippen molar-refractivity contribution in [3.05, 3.63) is 105 Å². The van der Waals surface area contributed by atoms with Gasteiger partial charge in [-0.25, -0.2) is 0 Å². The molecule has 0 aromatic heterocycles. The van der Waals surface area contributed by atoms with E-state index in [2.05, 4.69) is 0 Å². The summed E-state index contributed by atoms with van der Waals surface area (Å²) >= 11 is 0. The van der Waals surface area contributed by atoms with Crippen LogP contribution in [-0.2, 0) is 4.57 Å². The molecule has 0 heterocycles. The molecule has 4 nitrogen and oxygen atoms in total. The maximum Gasteiger partial charge on any atom is 0.287 e. The van der Waals surface area contributed by atoms with Gasteiger partial charge in [0.15, 0.2) is 0 Å². The van der Waals surface area contributed by atoms with Gasteiger partial charge in [0.25, 0.3) is 7.14 Å². The monoisotopic (exact) mass is 446 g/mol. The number of carbonyl (C=O) groups excluding carboxylic acids is 3. The lowest BCUT2D eigenvalue weighted by molar-refractivity contribution is 0.100. The molecule has 32 heavy (non-hydrogen) atoms. The topological polar surface area (TPSA) is 68.3 Å². The Bertz CT molecular complexity index is 1230. The molecule has 0 saturated heterocycles. The van der Waals surface area contributed by atoms with Crippen LogP contribution in [-0.4, -0.2) is 16.6 Å². The van der Waals surface area contributed by atoms with Crippen LogP contribution in [0.3, 0.4) is 0 Å². The first kappa shape index (κ1) is 23.6. The van der Waals surface area contributed by atoms with Crippen LogP contribution in [0.1, 0.15) is 64.5 Å². The molecule has 0 aliphatic carbocycles. The minimum absolute atomic E-state index is 0.136. The highest BCUT2D eigenvalue weighted by Crippen LogP contribution is 2.56. The zero-order chi connectivity index (χ0) is 23.8. The second kappa shape index (κ2) is 8.80. The maximum absolute atomic E-state index is 14.4. The van der Waals surface area contributed by atoms with Gasteiger partial charge in [-0.2, -0.15) is 0 Å². The number of hydrogen-bond donors (Lipinski definition) is 0. The molecule has 0 radical (unpaired) electrons. The Morgan fingerprint density at radius 2 is 0.969 bits per heavy atom. The van der Waals surface area contributed by atoms with Gasteiger partial charge in [-0.3, -0.25) is 18.9 Å². The molecule has 3 rings (SSSR count). The fourth-order valence-corrected chi connectivity index (χ4v) is 6.43. The SMILES string of the molecule is Cc1ccc(C(=O)P(=O)(C(=O)c2ccc(C)cc2C)C(=O)c2c(C)cccc2C)c(C)c1. The summed E-state index contributed by atoms with van der Waals surface area (Å²) in [6.45, 7) is 10.6. The molecule has 0 N–H and O–H groups in total. The summed E-state index contributed by atoms with van der Waals surface area (Å²) in [6.07, 6.45) is 0. The first-order valence-electron chi connectivity index (χ1n) is 10.4. The Balaban J connectivity index is 2.30. The average molecular weight is 446 g/mol. The maximum atomic E-state index is 14.4. The summed E-state index contributed by atoms with van der Waals surface area (Å²) in [5.41, 5.74) is 1.90. The summed E-state index contributed by atoms with van der Waals surface area (Å²) in [5.74, 6) is 0. The van der Waals surface area contributed by atoms with Crippen LogP contribution in [0.4, 0.5) is 0 Å². The van der Waals surface area contributed by atoms with Crippen molar-refractivity contribution in [2.24, 2.45) is 0 Å². The van der Waals surface area contributed by atoms with Crippen molar-refractivity contribution in [3.8, 4) is 0 Å². The second-order valence-electron chi connectivity index (χ2n) is 8.43. The van der Waals surface area contributed by atoms with Crippen LogP contribution in [0.5, 0.6) is 0 Å². The third-order valence-electron chi connectivity index (χ3n) is 5.78. The second-order valence-corrected chi connectivity index (χ2v) is 10.9. The molecule has 3 aromatic rings. The lowest BCUT2D eigenvalue weighted by atomic mass is 10.0. The van der Waals surface area contributed by atoms with Gasteiger partial charge in [-0.1, -0.05) is 65.7 Å². The van der Waals surface area contributed by atoms with Crippen LogP contribution >= 0.6 is 7.14 Å². The van der Waals surface area contributed by atoms with Gasteiger partial charge in [-0.15, -0.1) is 0 Å². The first-order chi connectivity index (χ1) is 15.0. The fraction of sp³-hybridized carbons (Fsp3) is 0.222. The van der Waals surface area contributed by atoms with Crippen molar-refractivity contribution in [2.75, 3.05) is 0 Å². The molecule has 0 aliphatic rings. The molecule has 0 unspecified atom stereocenters. The van der Waals surface area contributed by atoms with Crippen LogP contribution in [0.2, 0.25) is 0 Å². The zero-order valence-electron chi connectivity index (χ0n) is 19.3. The number of carbonyl (C=O) groups is 3. The lowest BCUT2D eigenvalue weighted by Gasteiger charge is -2.19. The number of rotatable bonds is 6. The summed E-state index contributed by atoms with van der Waals surface area (Å²) in [6, 6.07) is 15.3. The van der Waals surface area contributed by atoms with Gasteiger partial charge >= 0.3 is 0 Å². The smallest absolute Gasteiger partial charge is 0.287 e.